The molecule has 1 N–H and O–H groups in total. The lowest BCUT2D eigenvalue weighted by Gasteiger charge is -2.29. The summed E-state index contributed by atoms with van der Waals surface area (Å²) in [5, 5.41) is 3.66. The molecule has 0 radical (unpaired) electrons. The fourth-order valence-corrected chi connectivity index (χ4v) is 2.32. The van der Waals surface area contributed by atoms with Crippen LogP contribution in [0, 0.1) is 6.92 Å². The summed E-state index contributed by atoms with van der Waals surface area (Å²) in [5.41, 5.74) is 1.16. The minimum Gasteiger partial charge on any atom is -0.347 e. The van der Waals surface area contributed by atoms with Crippen LogP contribution in [0.25, 0.3) is 0 Å². The third-order valence-corrected chi connectivity index (χ3v) is 3.95. The van der Waals surface area contributed by atoms with Crippen LogP contribution in [-0.2, 0) is 0 Å². The van der Waals surface area contributed by atoms with E-state index in [1.54, 1.807) is 18.2 Å². The van der Waals surface area contributed by atoms with E-state index in [1.165, 1.54) is 0 Å². The van der Waals surface area contributed by atoms with Gasteiger partial charge >= 0.3 is 0 Å². The monoisotopic (exact) mass is 287 g/mol. The molecule has 0 aliphatic carbocycles. The van der Waals surface area contributed by atoms with Crippen molar-refractivity contribution in [2.45, 2.75) is 39.2 Å². The number of amides is 1. The van der Waals surface area contributed by atoms with Gasteiger partial charge in [0.05, 0.1) is 0 Å². The van der Waals surface area contributed by atoms with E-state index in [-0.39, 0.29) is 11.4 Å². The summed E-state index contributed by atoms with van der Waals surface area (Å²) in [6, 6.07) is 5.36. The Balaban J connectivity index is 2.91. The Morgan fingerprint density at radius 2 is 2.11 bits per heavy atom. The van der Waals surface area contributed by atoms with E-state index in [9.17, 15) is 4.79 Å². The molecule has 1 aromatic rings. The summed E-state index contributed by atoms with van der Waals surface area (Å²) in [7, 11) is 0. The first-order valence-corrected chi connectivity index (χ1v) is 6.98. The molecule has 0 saturated heterocycles. The van der Waals surface area contributed by atoms with Gasteiger partial charge in [0.2, 0.25) is 0 Å². The lowest BCUT2D eigenvalue weighted by molar-refractivity contribution is 0.0901. The van der Waals surface area contributed by atoms with Crippen LogP contribution in [-0.4, -0.2) is 17.3 Å². The van der Waals surface area contributed by atoms with Crippen molar-refractivity contribution in [3.8, 4) is 0 Å². The SMILES string of the molecule is CCC(C)(CCCl)NC(=O)c1cccc(Cl)c1C. The first kappa shape index (κ1) is 15.3. The standard InChI is InChI=1S/C14H19Cl2NO/c1-4-14(3,8-9-15)17-13(18)11-6-5-7-12(16)10(11)2/h5-7H,4,8-9H2,1-3H3,(H,17,18). The number of alkyl halides is 1. The first-order valence-electron chi connectivity index (χ1n) is 6.07. The van der Waals surface area contributed by atoms with E-state index in [0.29, 0.717) is 16.5 Å². The van der Waals surface area contributed by atoms with Gasteiger partial charge in [-0.3, -0.25) is 4.79 Å². The van der Waals surface area contributed by atoms with Crippen molar-refractivity contribution in [1.82, 2.24) is 5.32 Å². The van der Waals surface area contributed by atoms with E-state index in [1.807, 2.05) is 20.8 Å². The maximum absolute atomic E-state index is 12.3. The van der Waals surface area contributed by atoms with Crippen LogP contribution in [0.3, 0.4) is 0 Å². The number of hydrogen-bond donors (Lipinski definition) is 1. The number of carbonyl (C=O) groups excluding carboxylic acids is 1. The van der Waals surface area contributed by atoms with Gasteiger partial charge in [0.1, 0.15) is 0 Å². The molecule has 1 unspecified atom stereocenters. The summed E-state index contributed by atoms with van der Waals surface area (Å²) >= 11 is 11.8. The predicted molar refractivity (Wildman–Crippen MR) is 77.7 cm³/mol. The van der Waals surface area contributed by atoms with Crippen molar-refractivity contribution < 1.29 is 4.79 Å². The lowest BCUT2D eigenvalue weighted by Crippen LogP contribution is -2.46. The summed E-state index contributed by atoms with van der Waals surface area (Å²) in [6.45, 7) is 5.90. The van der Waals surface area contributed by atoms with Crippen LogP contribution in [0.15, 0.2) is 18.2 Å². The third-order valence-electron chi connectivity index (χ3n) is 3.35. The molecule has 2 nitrogen and oxygen atoms in total. The van der Waals surface area contributed by atoms with Crippen LogP contribution in [0.4, 0.5) is 0 Å². The molecule has 18 heavy (non-hydrogen) atoms. The van der Waals surface area contributed by atoms with Gasteiger partial charge in [-0.2, -0.15) is 0 Å². The van der Waals surface area contributed by atoms with Crippen molar-refractivity contribution in [3.63, 3.8) is 0 Å². The first-order chi connectivity index (χ1) is 8.43. The van der Waals surface area contributed by atoms with Crippen molar-refractivity contribution >= 4 is 29.1 Å². The van der Waals surface area contributed by atoms with Gasteiger partial charge in [0.25, 0.3) is 5.91 Å². The smallest absolute Gasteiger partial charge is 0.252 e. The van der Waals surface area contributed by atoms with E-state index >= 15 is 0 Å². The molecule has 1 amide bonds. The van der Waals surface area contributed by atoms with Gasteiger partial charge in [-0.1, -0.05) is 24.6 Å². The number of halogens is 2. The molecule has 0 bridgehead atoms. The number of rotatable bonds is 5. The Bertz CT molecular complexity index is 434. The van der Waals surface area contributed by atoms with Crippen LogP contribution in [0.5, 0.6) is 0 Å². The molecule has 0 fully saturated rings. The molecule has 1 atom stereocenters. The second-order valence-electron chi connectivity index (χ2n) is 4.72. The Hall–Kier alpha value is -0.730. The fraction of sp³-hybridized carbons (Fsp3) is 0.500. The van der Waals surface area contributed by atoms with E-state index in [2.05, 4.69) is 5.32 Å². The molecular weight excluding hydrogens is 269 g/mol. The molecular formula is C14H19Cl2NO. The molecule has 0 heterocycles. The van der Waals surface area contributed by atoms with E-state index in [4.69, 9.17) is 23.2 Å². The van der Waals surface area contributed by atoms with Gasteiger partial charge in [-0.15, -0.1) is 11.6 Å². The molecule has 0 spiro atoms. The Labute approximate surface area is 119 Å². The van der Waals surface area contributed by atoms with E-state index < -0.39 is 0 Å². The molecule has 0 aliphatic rings. The highest BCUT2D eigenvalue weighted by atomic mass is 35.5. The Morgan fingerprint density at radius 1 is 1.44 bits per heavy atom. The predicted octanol–water partition coefficient (Wildman–Crippen LogP) is 4.18. The lowest BCUT2D eigenvalue weighted by atomic mass is 9.94. The van der Waals surface area contributed by atoms with Crippen molar-refractivity contribution in [3.05, 3.63) is 34.3 Å². The molecule has 4 heteroatoms. The average molecular weight is 288 g/mol. The zero-order valence-corrected chi connectivity index (χ0v) is 12.5. The second-order valence-corrected chi connectivity index (χ2v) is 5.50. The second kappa shape index (κ2) is 6.44. The summed E-state index contributed by atoms with van der Waals surface area (Å²) in [4.78, 5) is 12.3. The fourth-order valence-electron chi connectivity index (χ4n) is 1.73. The van der Waals surface area contributed by atoms with Crippen molar-refractivity contribution in [2.75, 3.05) is 5.88 Å². The quantitative estimate of drug-likeness (QED) is 0.809. The van der Waals surface area contributed by atoms with Crippen LogP contribution in [0.2, 0.25) is 5.02 Å². The van der Waals surface area contributed by atoms with Crippen LogP contribution in [0.1, 0.15) is 42.6 Å². The van der Waals surface area contributed by atoms with Crippen molar-refractivity contribution in [1.29, 1.82) is 0 Å². The van der Waals surface area contributed by atoms with Gasteiger partial charge in [-0.25, -0.2) is 0 Å². The Morgan fingerprint density at radius 3 is 2.67 bits per heavy atom. The number of carbonyl (C=O) groups is 1. The summed E-state index contributed by atoms with van der Waals surface area (Å²) in [5.74, 6) is 0.434. The third kappa shape index (κ3) is 3.63. The number of benzene rings is 1. The van der Waals surface area contributed by atoms with Crippen LogP contribution < -0.4 is 5.32 Å². The highest BCUT2D eigenvalue weighted by Gasteiger charge is 2.24. The Kier molecular flexibility index (Phi) is 5.48. The normalized spacial score (nSPS) is 14.1. The van der Waals surface area contributed by atoms with Crippen molar-refractivity contribution in [2.24, 2.45) is 0 Å². The number of hydrogen-bond acceptors (Lipinski definition) is 1. The number of nitrogens with one attached hydrogen (secondary N) is 1. The maximum Gasteiger partial charge on any atom is 0.252 e. The molecule has 0 aromatic heterocycles. The highest BCUT2D eigenvalue weighted by Crippen LogP contribution is 2.21. The largest absolute Gasteiger partial charge is 0.347 e. The molecule has 0 saturated carbocycles. The van der Waals surface area contributed by atoms with Crippen LogP contribution >= 0.6 is 23.2 Å². The molecule has 1 aromatic carbocycles. The molecule has 1 rings (SSSR count). The summed E-state index contributed by atoms with van der Waals surface area (Å²) < 4.78 is 0. The molecule has 100 valence electrons. The van der Waals surface area contributed by atoms with E-state index in [0.717, 1.165) is 18.4 Å². The highest BCUT2D eigenvalue weighted by molar-refractivity contribution is 6.31. The maximum atomic E-state index is 12.3. The van der Waals surface area contributed by atoms with Gasteiger partial charge in [-0.05, 0) is 44.4 Å². The summed E-state index contributed by atoms with van der Waals surface area (Å²) in [6.07, 6.45) is 1.58. The topological polar surface area (TPSA) is 29.1 Å². The zero-order valence-electron chi connectivity index (χ0n) is 11.0. The zero-order chi connectivity index (χ0) is 13.8. The minimum atomic E-state index is -0.270. The van der Waals surface area contributed by atoms with Gasteiger partial charge in [0, 0.05) is 22.0 Å². The molecule has 0 aliphatic heterocycles. The van der Waals surface area contributed by atoms with Gasteiger partial charge < -0.3 is 5.32 Å². The minimum absolute atomic E-state index is 0.0931. The average Bonchev–Trinajstić information content (AvgIpc) is 2.32. The van der Waals surface area contributed by atoms with Gasteiger partial charge in [0.15, 0.2) is 0 Å².